The average molecular weight is 538 g/mol. The van der Waals surface area contributed by atoms with Crippen LogP contribution in [0.1, 0.15) is 36.8 Å². The maximum atomic E-state index is 5.55. The number of ether oxygens (including phenoxy) is 2. The molecule has 208 valence electrons. The molecule has 2 saturated heterocycles. The molecule has 2 aliphatic rings. The minimum absolute atomic E-state index is 0.356. The summed E-state index contributed by atoms with van der Waals surface area (Å²) in [4.78, 5) is 5.12. The number of hydrogen-bond donors (Lipinski definition) is 1. The van der Waals surface area contributed by atoms with E-state index in [-0.39, 0.29) is 0 Å². The molecular formula is C33H39N5O2. The maximum Gasteiger partial charge on any atom is 0.156 e. The number of aromatic nitrogens is 2. The summed E-state index contributed by atoms with van der Waals surface area (Å²) in [6.45, 7) is 6.70. The van der Waals surface area contributed by atoms with Crippen LogP contribution < -0.4 is 14.8 Å². The predicted molar refractivity (Wildman–Crippen MR) is 161 cm³/mol. The van der Waals surface area contributed by atoms with Gasteiger partial charge >= 0.3 is 0 Å². The van der Waals surface area contributed by atoms with Gasteiger partial charge in [-0.2, -0.15) is 0 Å². The maximum absolute atomic E-state index is 5.55. The molecule has 6 rings (SSSR count). The zero-order valence-electron chi connectivity index (χ0n) is 23.6. The van der Waals surface area contributed by atoms with Crippen LogP contribution in [-0.2, 0) is 13.1 Å². The van der Waals surface area contributed by atoms with E-state index in [0.29, 0.717) is 6.04 Å². The number of piperidine rings is 1. The molecule has 7 heteroatoms. The fourth-order valence-corrected chi connectivity index (χ4v) is 5.97. The highest BCUT2D eigenvalue weighted by Gasteiger charge is 2.22. The van der Waals surface area contributed by atoms with Gasteiger partial charge in [0.25, 0.3) is 0 Å². The van der Waals surface area contributed by atoms with E-state index in [0.717, 1.165) is 78.4 Å². The first-order chi connectivity index (χ1) is 19.7. The normalized spacial score (nSPS) is 16.9. The Balaban J connectivity index is 1.10. The number of nitrogens with one attached hydrogen (secondary N) is 1. The average Bonchev–Trinajstić information content (AvgIpc) is 3.52. The molecule has 1 N–H and O–H groups in total. The lowest BCUT2D eigenvalue weighted by Gasteiger charge is -2.32. The van der Waals surface area contributed by atoms with E-state index in [4.69, 9.17) is 9.47 Å². The van der Waals surface area contributed by atoms with Gasteiger partial charge in [-0.15, -0.1) is 10.2 Å². The van der Waals surface area contributed by atoms with Gasteiger partial charge in [0.05, 0.1) is 14.2 Å². The van der Waals surface area contributed by atoms with E-state index in [9.17, 15) is 0 Å². The van der Waals surface area contributed by atoms with E-state index in [1.807, 2.05) is 30.3 Å². The number of methoxy groups -OCH3 is 2. The van der Waals surface area contributed by atoms with Gasteiger partial charge in [0.2, 0.25) is 0 Å². The van der Waals surface area contributed by atoms with Crippen molar-refractivity contribution in [1.29, 1.82) is 0 Å². The van der Waals surface area contributed by atoms with Gasteiger partial charge in [0.15, 0.2) is 5.82 Å². The van der Waals surface area contributed by atoms with Crippen LogP contribution in [0.25, 0.3) is 22.0 Å². The third-order valence-electron chi connectivity index (χ3n) is 8.31. The first kappa shape index (κ1) is 26.5. The van der Waals surface area contributed by atoms with Crippen LogP contribution in [0.3, 0.4) is 0 Å². The second-order valence-electron chi connectivity index (χ2n) is 11.0. The summed E-state index contributed by atoms with van der Waals surface area (Å²) in [5.41, 5.74) is 4.69. The first-order valence-corrected chi connectivity index (χ1v) is 14.5. The third-order valence-corrected chi connectivity index (χ3v) is 8.31. The summed E-state index contributed by atoms with van der Waals surface area (Å²) in [5, 5.41) is 15.1. The van der Waals surface area contributed by atoms with Crippen LogP contribution in [-0.4, -0.2) is 66.4 Å². The van der Waals surface area contributed by atoms with Crippen LogP contribution >= 0.6 is 0 Å². The highest BCUT2D eigenvalue weighted by Crippen LogP contribution is 2.34. The number of likely N-dealkylation sites (tertiary alicyclic amines) is 2. The Morgan fingerprint density at radius 3 is 1.93 bits per heavy atom. The summed E-state index contributed by atoms with van der Waals surface area (Å²) >= 11 is 0. The molecule has 2 fully saturated rings. The Morgan fingerprint density at radius 1 is 0.700 bits per heavy atom. The summed E-state index contributed by atoms with van der Waals surface area (Å²) in [6.07, 6.45) is 4.82. The second kappa shape index (κ2) is 12.2. The van der Waals surface area contributed by atoms with Crippen LogP contribution in [0.2, 0.25) is 0 Å². The molecule has 0 unspecified atom stereocenters. The van der Waals surface area contributed by atoms with Gasteiger partial charge in [-0.25, -0.2) is 0 Å². The second-order valence-corrected chi connectivity index (χ2v) is 11.0. The Morgan fingerprint density at radius 2 is 1.30 bits per heavy atom. The number of fused-ring (bicyclic) bond motifs is 1. The molecule has 0 aliphatic carbocycles. The molecule has 3 aromatic carbocycles. The van der Waals surface area contributed by atoms with Crippen LogP contribution in [0.15, 0.2) is 66.7 Å². The molecular weight excluding hydrogens is 498 g/mol. The number of anilines is 1. The molecule has 40 heavy (non-hydrogen) atoms. The Hall–Kier alpha value is -3.68. The fourth-order valence-electron chi connectivity index (χ4n) is 5.97. The lowest BCUT2D eigenvalue weighted by atomic mass is 10.0. The SMILES string of the molecule is COc1ccc(-c2nnc(NC3CCN(Cc4ccc(CN5CCCC5)cc4)CC3)c3cc(OC)ccc23)cc1. The molecule has 7 nitrogen and oxygen atoms in total. The van der Waals surface area contributed by atoms with Crippen molar-refractivity contribution < 1.29 is 9.47 Å². The van der Waals surface area contributed by atoms with Crippen molar-refractivity contribution in [3.63, 3.8) is 0 Å². The molecule has 0 saturated carbocycles. The van der Waals surface area contributed by atoms with E-state index in [1.165, 1.54) is 37.1 Å². The molecule has 0 atom stereocenters. The fraction of sp³-hybridized carbons (Fsp3) is 0.394. The molecule has 0 amide bonds. The standard InChI is InChI=1S/C33H39N5O2/c1-39-28-11-9-26(10-12-28)32-30-14-13-29(40-2)21-31(30)33(36-35-32)34-27-15-19-38(20-16-27)23-25-7-5-24(6-8-25)22-37-17-3-4-18-37/h5-14,21,27H,3-4,15-20,22-23H2,1-2H3,(H,34,36). The molecule has 0 bridgehead atoms. The number of rotatable bonds is 9. The van der Waals surface area contributed by atoms with Crippen molar-refractivity contribution >= 4 is 16.6 Å². The topological polar surface area (TPSA) is 62.8 Å². The van der Waals surface area contributed by atoms with E-state index < -0.39 is 0 Å². The summed E-state index contributed by atoms with van der Waals surface area (Å²) in [7, 11) is 3.37. The minimum atomic E-state index is 0.356. The van der Waals surface area contributed by atoms with Crippen molar-refractivity contribution in [2.75, 3.05) is 45.7 Å². The summed E-state index contributed by atoms with van der Waals surface area (Å²) in [5.74, 6) is 2.45. The van der Waals surface area contributed by atoms with E-state index in [1.54, 1.807) is 14.2 Å². The molecule has 0 radical (unpaired) electrons. The first-order valence-electron chi connectivity index (χ1n) is 14.5. The quantitative estimate of drug-likeness (QED) is 0.282. The molecule has 2 aliphatic heterocycles. The Labute approximate surface area is 237 Å². The smallest absolute Gasteiger partial charge is 0.156 e. The van der Waals surface area contributed by atoms with Crippen LogP contribution in [0, 0.1) is 0 Å². The van der Waals surface area contributed by atoms with Crippen molar-refractivity contribution in [1.82, 2.24) is 20.0 Å². The third kappa shape index (κ3) is 6.06. The molecule has 3 heterocycles. The van der Waals surface area contributed by atoms with Gasteiger partial charge in [-0.3, -0.25) is 9.80 Å². The van der Waals surface area contributed by atoms with Gasteiger partial charge in [0, 0.05) is 48.6 Å². The molecule has 1 aromatic heterocycles. The van der Waals surface area contributed by atoms with E-state index >= 15 is 0 Å². The van der Waals surface area contributed by atoms with Gasteiger partial charge in [-0.1, -0.05) is 24.3 Å². The monoisotopic (exact) mass is 537 g/mol. The minimum Gasteiger partial charge on any atom is -0.497 e. The number of benzene rings is 3. The number of nitrogens with zero attached hydrogens (tertiary/aromatic N) is 4. The molecule has 0 spiro atoms. The zero-order valence-corrected chi connectivity index (χ0v) is 23.6. The van der Waals surface area contributed by atoms with Gasteiger partial charge in [0.1, 0.15) is 17.2 Å². The van der Waals surface area contributed by atoms with Crippen molar-refractivity contribution in [3.8, 4) is 22.8 Å². The van der Waals surface area contributed by atoms with Crippen molar-refractivity contribution in [2.45, 2.75) is 44.8 Å². The largest absolute Gasteiger partial charge is 0.497 e. The Kier molecular flexibility index (Phi) is 8.11. The van der Waals surface area contributed by atoms with Gasteiger partial charge in [-0.05, 0) is 92.4 Å². The highest BCUT2D eigenvalue weighted by molar-refractivity contribution is 6.00. The summed E-state index contributed by atoms with van der Waals surface area (Å²) < 4.78 is 10.9. The lowest BCUT2D eigenvalue weighted by Crippen LogP contribution is -2.38. The Bertz CT molecular complexity index is 1410. The van der Waals surface area contributed by atoms with Gasteiger partial charge < -0.3 is 14.8 Å². The highest BCUT2D eigenvalue weighted by atomic mass is 16.5. The van der Waals surface area contributed by atoms with Crippen molar-refractivity contribution in [3.05, 3.63) is 77.9 Å². The van der Waals surface area contributed by atoms with E-state index in [2.05, 4.69) is 61.7 Å². The lowest BCUT2D eigenvalue weighted by molar-refractivity contribution is 0.211. The number of hydrogen-bond acceptors (Lipinski definition) is 7. The van der Waals surface area contributed by atoms with Crippen LogP contribution in [0.4, 0.5) is 5.82 Å². The zero-order chi connectivity index (χ0) is 27.3. The summed E-state index contributed by atoms with van der Waals surface area (Å²) in [6, 6.07) is 23.7. The van der Waals surface area contributed by atoms with Crippen molar-refractivity contribution in [2.24, 2.45) is 0 Å². The molecule has 4 aromatic rings. The van der Waals surface area contributed by atoms with Crippen LogP contribution in [0.5, 0.6) is 11.5 Å². The predicted octanol–water partition coefficient (Wildman–Crippen LogP) is 5.99.